The molecule has 182 valence electrons. The standard InChI is InChI=1S/C25H29N7O3/c1-17-4-3-5-21(14-17)30-25(35)29-20-8-6-19(7-9-20)28-22-15-23(27-18(2)26-22)32-12-10-31(11-13-32)16-24(33)34/h3-9,14-15H,10-13,16H2,1-2H3,(H,33,34)(H,26,27,28)(H2,29,30,35). The summed E-state index contributed by atoms with van der Waals surface area (Å²) in [4.78, 5) is 36.3. The molecule has 3 aromatic rings. The first-order valence-corrected chi connectivity index (χ1v) is 11.4. The number of aliphatic carboxylic acids is 1. The molecule has 0 atom stereocenters. The minimum absolute atomic E-state index is 0.0574. The average molecular weight is 476 g/mol. The van der Waals surface area contributed by atoms with E-state index in [-0.39, 0.29) is 12.6 Å². The van der Waals surface area contributed by atoms with Crippen LogP contribution in [0.1, 0.15) is 11.4 Å². The molecule has 0 spiro atoms. The lowest BCUT2D eigenvalue weighted by molar-refractivity contribution is -0.138. The number of hydrogen-bond donors (Lipinski definition) is 4. The van der Waals surface area contributed by atoms with Gasteiger partial charge in [-0.2, -0.15) is 0 Å². The molecule has 0 bridgehead atoms. The highest BCUT2D eigenvalue weighted by molar-refractivity contribution is 5.99. The molecular weight excluding hydrogens is 446 g/mol. The summed E-state index contributed by atoms with van der Waals surface area (Å²) < 4.78 is 0. The van der Waals surface area contributed by atoms with Crippen LogP contribution in [-0.4, -0.2) is 64.7 Å². The van der Waals surface area contributed by atoms with Crippen LogP contribution in [-0.2, 0) is 4.79 Å². The number of carboxylic acid groups (broad SMARTS) is 1. The summed E-state index contributed by atoms with van der Waals surface area (Å²) in [5.74, 6) is 1.31. The zero-order valence-electron chi connectivity index (χ0n) is 19.8. The Morgan fingerprint density at radius 1 is 0.886 bits per heavy atom. The van der Waals surface area contributed by atoms with E-state index in [1.807, 2.05) is 73.3 Å². The molecule has 35 heavy (non-hydrogen) atoms. The number of aromatic nitrogens is 2. The van der Waals surface area contributed by atoms with Crippen molar-refractivity contribution in [2.75, 3.05) is 53.6 Å². The summed E-state index contributed by atoms with van der Waals surface area (Å²) >= 11 is 0. The number of urea groups is 1. The third-order valence-electron chi connectivity index (χ3n) is 5.57. The van der Waals surface area contributed by atoms with Gasteiger partial charge in [-0.15, -0.1) is 0 Å². The molecule has 4 N–H and O–H groups in total. The molecule has 0 saturated carbocycles. The van der Waals surface area contributed by atoms with Crippen molar-refractivity contribution < 1.29 is 14.7 Å². The molecule has 10 nitrogen and oxygen atoms in total. The number of anilines is 5. The second kappa shape index (κ2) is 10.8. The molecule has 2 heterocycles. The molecule has 0 aliphatic carbocycles. The summed E-state index contributed by atoms with van der Waals surface area (Å²) in [6.07, 6.45) is 0. The minimum Gasteiger partial charge on any atom is -0.480 e. The van der Waals surface area contributed by atoms with Crippen molar-refractivity contribution in [2.45, 2.75) is 13.8 Å². The molecule has 0 radical (unpaired) electrons. The highest BCUT2D eigenvalue weighted by Crippen LogP contribution is 2.22. The van der Waals surface area contributed by atoms with E-state index in [9.17, 15) is 9.59 Å². The second-order valence-corrected chi connectivity index (χ2v) is 8.47. The summed E-state index contributed by atoms with van der Waals surface area (Å²) in [6.45, 7) is 6.62. The number of carbonyl (C=O) groups is 2. The van der Waals surface area contributed by atoms with Gasteiger partial charge in [-0.3, -0.25) is 9.69 Å². The van der Waals surface area contributed by atoms with Crippen molar-refractivity contribution in [1.82, 2.24) is 14.9 Å². The Bertz CT molecular complexity index is 1190. The maximum Gasteiger partial charge on any atom is 0.323 e. The normalized spacial score (nSPS) is 13.8. The number of amides is 2. The van der Waals surface area contributed by atoms with Gasteiger partial charge in [0.15, 0.2) is 0 Å². The maximum absolute atomic E-state index is 12.3. The SMILES string of the molecule is Cc1cccc(NC(=O)Nc2ccc(Nc3cc(N4CCN(CC(=O)O)CC4)nc(C)n3)cc2)c1. The highest BCUT2D eigenvalue weighted by atomic mass is 16.4. The van der Waals surface area contributed by atoms with E-state index in [0.717, 1.165) is 22.8 Å². The third kappa shape index (κ3) is 6.90. The Hall–Kier alpha value is -4.18. The number of piperazine rings is 1. The van der Waals surface area contributed by atoms with E-state index >= 15 is 0 Å². The first kappa shape index (κ1) is 24.0. The molecule has 2 amide bonds. The fourth-order valence-electron chi connectivity index (χ4n) is 3.91. The molecule has 10 heteroatoms. The zero-order valence-corrected chi connectivity index (χ0v) is 19.8. The topological polar surface area (TPSA) is 123 Å². The number of aryl methyl sites for hydroxylation is 2. The van der Waals surface area contributed by atoms with Gasteiger partial charge < -0.3 is 26.0 Å². The van der Waals surface area contributed by atoms with E-state index in [2.05, 4.69) is 30.8 Å². The van der Waals surface area contributed by atoms with E-state index in [0.29, 0.717) is 43.5 Å². The van der Waals surface area contributed by atoms with Gasteiger partial charge >= 0.3 is 12.0 Å². The van der Waals surface area contributed by atoms with Crippen LogP contribution in [0.5, 0.6) is 0 Å². The number of nitrogens with zero attached hydrogens (tertiary/aromatic N) is 4. The van der Waals surface area contributed by atoms with Gasteiger partial charge in [0.2, 0.25) is 0 Å². The molecule has 1 fully saturated rings. The molecule has 2 aromatic carbocycles. The Balaban J connectivity index is 1.35. The maximum atomic E-state index is 12.3. The predicted octanol–water partition coefficient (Wildman–Crippen LogP) is 3.69. The smallest absolute Gasteiger partial charge is 0.323 e. The number of benzene rings is 2. The fourth-order valence-corrected chi connectivity index (χ4v) is 3.91. The first-order chi connectivity index (χ1) is 16.8. The third-order valence-corrected chi connectivity index (χ3v) is 5.57. The Labute approximate surface area is 204 Å². The predicted molar refractivity (Wildman–Crippen MR) is 137 cm³/mol. The largest absolute Gasteiger partial charge is 0.480 e. The van der Waals surface area contributed by atoms with E-state index in [1.165, 1.54) is 0 Å². The van der Waals surface area contributed by atoms with Crippen LogP contribution in [0.15, 0.2) is 54.6 Å². The number of carboxylic acids is 1. The van der Waals surface area contributed by atoms with Gasteiger partial charge in [0.1, 0.15) is 17.5 Å². The first-order valence-electron chi connectivity index (χ1n) is 11.4. The van der Waals surface area contributed by atoms with Crippen LogP contribution in [0.25, 0.3) is 0 Å². The van der Waals surface area contributed by atoms with Gasteiger partial charge in [0.25, 0.3) is 0 Å². The van der Waals surface area contributed by atoms with E-state index < -0.39 is 5.97 Å². The monoisotopic (exact) mass is 475 g/mol. The quantitative estimate of drug-likeness (QED) is 0.408. The summed E-state index contributed by atoms with van der Waals surface area (Å²) in [6, 6.07) is 16.5. The Morgan fingerprint density at radius 3 is 2.26 bits per heavy atom. The van der Waals surface area contributed by atoms with Crippen LogP contribution >= 0.6 is 0 Å². The van der Waals surface area contributed by atoms with Crippen LogP contribution in [0.2, 0.25) is 0 Å². The summed E-state index contributed by atoms with van der Waals surface area (Å²) in [5.41, 5.74) is 3.30. The van der Waals surface area contributed by atoms with Crippen LogP contribution in [0.3, 0.4) is 0 Å². The van der Waals surface area contributed by atoms with Crippen LogP contribution in [0, 0.1) is 13.8 Å². The van der Waals surface area contributed by atoms with E-state index in [1.54, 1.807) is 0 Å². The lowest BCUT2D eigenvalue weighted by Crippen LogP contribution is -2.48. The lowest BCUT2D eigenvalue weighted by Gasteiger charge is -2.34. The highest BCUT2D eigenvalue weighted by Gasteiger charge is 2.20. The minimum atomic E-state index is -0.809. The van der Waals surface area contributed by atoms with Crippen molar-refractivity contribution in [2.24, 2.45) is 0 Å². The number of nitrogens with one attached hydrogen (secondary N) is 3. The number of hydrogen-bond acceptors (Lipinski definition) is 7. The van der Waals surface area contributed by atoms with Gasteiger partial charge in [-0.05, 0) is 55.8 Å². The van der Waals surface area contributed by atoms with Gasteiger partial charge in [-0.25, -0.2) is 14.8 Å². The molecule has 4 rings (SSSR count). The van der Waals surface area contributed by atoms with E-state index in [4.69, 9.17) is 5.11 Å². The molecule has 1 aliphatic rings. The van der Waals surface area contributed by atoms with Crippen molar-refractivity contribution in [3.63, 3.8) is 0 Å². The van der Waals surface area contributed by atoms with Gasteiger partial charge in [-0.1, -0.05) is 12.1 Å². The molecular formula is C25H29N7O3. The fraction of sp³-hybridized carbons (Fsp3) is 0.280. The Kier molecular flexibility index (Phi) is 7.41. The van der Waals surface area contributed by atoms with Crippen molar-refractivity contribution >= 4 is 40.7 Å². The van der Waals surface area contributed by atoms with Crippen molar-refractivity contribution in [3.05, 3.63) is 66.0 Å². The summed E-state index contributed by atoms with van der Waals surface area (Å²) in [5, 5.41) is 17.9. The molecule has 1 aliphatic heterocycles. The number of carbonyl (C=O) groups excluding carboxylic acids is 1. The number of rotatable bonds is 7. The van der Waals surface area contributed by atoms with Crippen molar-refractivity contribution in [3.8, 4) is 0 Å². The summed E-state index contributed by atoms with van der Waals surface area (Å²) in [7, 11) is 0. The zero-order chi connectivity index (χ0) is 24.8. The lowest BCUT2D eigenvalue weighted by atomic mass is 10.2. The Morgan fingerprint density at radius 2 is 1.57 bits per heavy atom. The van der Waals surface area contributed by atoms with Crippen LogP contribution < -0.4 is 20.9 Å². The second-order valence-electron chi connectivity index (χ2n) is 8.47. The molecule has 1 aromatic heterocycles. The van der Waals surface area contributed by atoms with Gasteiger partial charge in [0, 0.05) is 49.3 Å². The average Bonchev–Trinajstić information content (AvgIpc) is 2.80. The molecule has 1 saturated heterocycles. The van der Waals surface area contributed by atoms with Gasteiger partial charge in [0.05, 0.1) is 6.54 Å². The van der Waals surface area contributed by atoms with Crippen LogP contribution in [0.4, 0.5) is 33.5 Å². The van der Waals surface area contributed by atoms with Crippen molar-refractivity contribution in [1.29, 1.82) is 0 Å². The molecule has 0 unspecified atom stereocenters.